The van der Waals surface area contributed by atoms with Crippen molar-refractivity contribution in [3.63, 3.8) is 0 Å². The minimum absolute atomic E-state index is 0. The topological polar surface area (TPSA) is 82.8 Å². The zero-order valence-corrected chi connectivity index (χ0v) is 22.4. The maximum atomic E-state index is 12.8. The van der Waals surface area contributed by atoms with Crippen molar-refractivity contribution in [1.82, 2.24) is 20.7 Å². The van der Waals surface area contributed by atoms with E-state index in [1.54, 1.807) is 0 Å². The molecule has 0 aliphatic carbocycles. The first kappa shape index (κ1) is 27.1. The van der Waals surface area contributed by atoms with Gasteiger partial charge in [-0.1, -0.05) is 31.1 Å². The lowest BCUT2D eigenvalue weighted by Crippen LogP contribution is -2.36. The molecule has 3 rings (SSSR count). The molecular formula is C25H38IN5O2. The smallest absolute Gasteiger partial charge is 0.253 e. The van der Waals surface area contributed by atoms with Crippen LogP contribution in [-0.2, 0) is 13.1 Å². The van der Waals surface area contributed by atoms with Gasteiger partial charge >= 0.3 is 0 Å². The number of hydrogen-bond acceptors (Lipinski definition) is 4. The molecule has 1 aliphatic rings. The van der Waals surface area contributed by atoms with Crippen LogP contribution in [0, 0.1) is 0 Å². The standard InChI is InChI=1S/C25H37N5O2.HI/c1-4-20(5-2)23-16-22(32-29-23)18-28-25(26-6-3)27-17-19-11-10-12-21(15-19)24(31)30-13-8-7-9-14-30;/h10-12,15-16,20H,4-9,13-14,17-18H2,1-3H3,(H2,26,27,28);1H. The second-order valence-corrected chi connectivity index (χ2v) is 8.33. The van der Waals surface area contributed by atoms with Gasteiger partial charge in [0.25, 0.3) is 5.91 Å². The average molecular weight is 568 g/mol. The summed E-state index contributed by atoms with van der Waals surface area (Å²) in [5.41, 5.74) is 2.78. The lowest BCUT2D eigenvalue weighted by Gasteiger charge is -2.26. The summed E-state index contributed by atoms with van der Waals surface area (Å²) in [5.74, 6) is 2.07. The molecule has 2 aromatic rings. The number of amides is 1. The van der Waals surface area contributed by atoms with E-state index in [0.29, 0.717) is 25.0 Å². The third kappa shape index (κ3) is 8.01. The summed E-state index contributed by atoms with van der Waals surface area (Å²) in [6, 6.07) is 9.84. The number of likely N-dealkylation sites (tertiary alicyclic amines) is 1. The van der Waals surface area contributed by atoms with Gasteiger partial charge in [-0.2, -0.15) is 0 Å². The summed E-state index contributed by atoms with van der Waals surface area (Å²) < 4.78 is 5.50. The zero-order valence-electron chi connectivity index (χ0n) is 20.1. The van der Waals surface area contributed by atoms with Crippen molar-refractivity contribution in [2.75, 3.05) is 19.6 Å². The Kier molecular flexibility index (Phi) is 11.7. The van der Waals surface area contributed by atoms with E-state index in [9.17, 15) is 4.79 Å². The number of carbonyl (C=O) groups excluding carboxylic acids is 1. The van der Waals surface area contributed by atoms with Gasteiger partial charge in [-0.15, -0.1) is 24.0 Å². The molecule has 0 atom stereocenters. The highest BCUT2D eigenvalue weighted by Gasteiger charge is 2.18. The SMILES string of the molecule is CCNC(=NCc1cccc(C(=O)N2CCCCC2)c1)NCc1cc(C(CC)CC)no1.I. The second kappa shape index (κ2) is 14.2. The van der Waals surface area contributed by atoms with Gasteiger partial charge in [0.15, 0.2) is 11.7 Å². The van der Waals surface area contributed by atoms with Crippen LogP contribution in [-0.4, -0.2) is 41.6 Å². The van der Waals surface area contributed by atoms with Gasteiger partial charge in [0.05, 0.1) is 18.8 Å². The van der Waals surface area contributed by atoms with Crippen LogP contribution in [0.1, 0.15) is 86.2 Å². The van der Waals surface area contributed by atoms with Crippen molar-refractivity contribution >= 4 is 35.8 Å². The van der Waals surface area contributed by atoms with Crippen LogP contribution in [0.3, 0.4) is 0 Å². The number of benzene rings is 1. The molecule has 1 saturated heterocycles. The molecule has 2 heterocycles. The lowest BCUT2D eigenvalue weighted by atomic mass is 9.99. The fourth-order valence-corrected chi connectivity index (χ4v) is 4.08. The number of aromatic nitrogens is 1. The molecule has 1 aliphatic heterocycles. The Morgan fingerprint density at radius 1 is 1.12 bits per heavy atom. The summed E-state index contributed by atoms with van der Waals surface area (Å²) in [4.78, 5) is 19.5. The number of piperidine rings is 1. The number of carbonyl (C=O) groups is 1. The Balaban J connectivity index is 0.00000385. The predicted molar refractivity (Wildman–Crippen MR) is 143 cm³/mol. The first-order valence-electron chi connectivity index (χ1n) is 12.0. The largest absolute Gasteiger partial charge is 0.359 e. The maximum absolute atomic E-state index is 12.8. The Morgan fingerprint density at radius 3 is 2.58 bits per heavy atom. The van der Waals surface area contributed by atoms with Gasteiger partial charge in [0, 0.05) is 37.2 Å². The fraction of sp³-hybridized carbons (Fsp3) is 0.560. The molecular weight excluding hydrogens is 529 g/mol. The number of aliphatic imine (C=N–C) groups is 1. The number of guanidine groups is 1. The third-order valence-electron chi connectivity index (χ3n) is 5.99. The van der Waals surface area contributed by atoms with E-state index in [2.05, 4.69) is 29.6 Å². The maximum Gasteiger partial charge on any atom is 0.253 e. The zero-order chi connectivity index (χ0) is 22.8. The molecule has 33 heavy (non-hydrogen) atoms. The molecule has 2 N–H and O–H groups in total. The first-order valence-corrected chi connectivity index (χ1v) is 12.0. The second-order valence-electron chi connectivity index (χ2n) is 8.33. The summed E-state index contributed by atoms with van der Waals surface area (Å²) >= 11 is 0. The van der Waals surface area contributed by atoms with Crippen LogP contribution in [0.25, 0.3) is 0 Å². The van der Waals surface area contributed by atoms with E-state index in [1.165, 1.54) is 6.42 Å². The van der Waals surface area contributed by atoms with Crippen LogP contribution < -0.4 is 10.6 Å². The average Bonchev–Trinajstić information content (AvgIpc) is 3.30. The van der Waals surface area contributed by atoms with Gasteiger partial charge in [0.2, 0.25) is 0 Å². The van der Waals surface area contributed by atoms with Gasteiger partial charge in [-0.25, -0.2) is 4.99 Å². The Labute approximate surface area is 214 Å². The molecule has 7 nitrogen and oxygen atoms in total. The van der Waals surface area contributed by atoms with E-state index < -0.39 is 0 Å². The molecule has 1 aromatic carbocycles. The minimum Gasteiger partial charge on any atom is -0.359 e. The molecule has 0 saturated carbocycles. The highest BCUT2D eigenvalue weighted by Crippen LogP contribution is 2.22. The summed E-state index contributed by atoms with van der Waals surface area (Å²) in [5, 5.41) is 10.8. The predicted octanol–water partition coefficient (Wildman–Crippen LogP) is 5.08. The molecule has 182 valence electrons. The van der Waals surface area contributed by atoms with Crippen molar-refractivity contribution in [2.24, 2.45) is 4.99 Å². The van der Waals surface area contributed by atoms with Crippen LogP contribution >= 0.6 is 24.0 Å². The van der Waals surface area contributed by atoms with Crippen molar-refractivity contribution in [1.29, 1.82) is 0 Å². The lowest BCUT2D eigenvalue weighted by molar-refractivity contribution is 0.0724. The molecule has 1 fully saturated rings. The molecule has 1 amide bonds. The number of hydrogen-bond donors (Lipinski definition) is 2. The molecule has 0 spiro atoms. The van der Waals surface area contributed by atoms with Crippen molar-refractivity contribution in [3.05, 3.63) is 52.9 Å². The molecule has 0 bridgehead atoms. The van der Waals surface area contributed by atoms with Crippen molar-refractivity contribution < 1.29 is 9.32 Å². The fourth-order valence-electron chi connectivity index (χ4n) is 4.08. The van der Waals surface area contributed by atoms with E-state index >= 15 is 0 Å². The highest BCUT2D eigenvalue weighted by molar-refractivity contribution is 14.0. The Hall–Kier alpha value is -2.10. The van der Waals surface area contributed by atoms with Crippen molar-refractivity contribution in [2.45, 2.75) is 71.9 Å². The Bertz CT molecular complexity index is 888. The molecule has 8 heteroatoms. The van der Waals surface area contributed by atoms with E-state index in [4.69, 9.17) is 9.52 Å². The number of nitrogens with zero attached hydrogens (tertiary/aromatic N) is 3. The normalized spacial score (nSPS) is 14.2. The van der Waals surface area contributed by atoms with Crippen LogP contribution in [0.15, 0.2) is 39.8 Å². The van der Waals surface area contributed by atoms with E-state index in [0.717, 1.165) is 67.9 Å². The van der Waals surface area contributed by atoms with Gasteiger partial charge in [-0.3, -0.25) is 4.79 Å². The summed E-state index contributed by atoms with van der Waals surface area (Å²) in [7, 11) is 0. The van der Waals surface area contributed by atoms with Crippen molar-refractivity contribution in [3.8, 4) is 0 Å². The molecule has 0 unspecified atom stereocenters. The quantitative estimate of drug-likeness (QED) is 0.251. The summed E-state index contributed by atoms with van der Waals surface area (Å²) in [6.07, 6.45) is 5.51. The molecule has 0 radical (unpaired) electrons. The van der Waals surface area contributed by atoms with Gasteiger partial charge < -0.3 is 20.1 Å². The highest BCUT2D eigenvalue weighted by atomic mass is 127. The third-order valence-corrected chi connectivity index (χ3v) is 5.99. The summed E-state index contributed by atoms with van der Waals surface area (Å²) in [6.45, 7) is 9.87. The number of rotatable bonds is 9. The van der Waals surface area contributed by atoms with Gasteiger partial charge in [-0.05, 0) is 56.7 Å². The van der Waals surface area contributed by atoms with E-state index in [1.807, 2.05) is 42.2 Å². The molecule has 1 aromatic heterocycles. The first-order chi connectivity index (χ1) is 15.6. The number of nitrogens with one attached hydrogen (secondary N) is 2. The van der Waals surface area contributed by atoms with Gasteiger partial charge in [0.1, 0.15) is 0 Å². The van der Waals surface area contributed by atoms with Crippen LogP contribution in [0.2, 0.25) is 0 Å². The monoisotopic (exact) mass is 567 g/mol. The number of halogens is 1. The van der Waals surface area contributed by atoms with Crippen LogP contribution in [0.5, 0.6) is 0 Å². The van der Waals surface area contributed by atoms with E-state index in [-0.39, 0.29) is 29.9 Å². The Morgan fingerprint density at radius 2 is 1.88 bits per heavy atom. The minimum atomic E-state index is 0. The van der Waals surface area contributed by atoms with Crippen LogP contribution in [0.4, 0.5) is 0 Å².